The molecule has 0 saturated heterocycles. The molecular formula is C13H15F3N2O. The number of fused-ring (bicyclic) bond motifs is 1. The first-order valence-corrected chi connectivity index (χ1v) is 6.06. The van der Waals surface area contributed by atoms with Crippen molar-refractivity contribution in [2.45, 2.75) is 32.5 Å². The van der Waals surface area contributed by atoms with Gasteiger partial charge >= 0.3 is 6.18 Å². The molecule has 0 saturated carbocycles. The third-order valence-corrected chi connectivity index (χ3v) is 3.27. The maximum Gasteiger partial charge on any atom is 0.416 e. The number of nitrogens with two attached hydrogens (primary N) is 1. The SMILES string of the molecule is CCC(C)C(N)c1nc2cc(C(F)(F)F)ccc2o1. The molecule has 2 N–H and O–H groups in total. The molecule has 1 aromatic heterocycles. The summed E-state index contributed by atoms with van der Waals surface area (Å²) in [5.74, 6) is 0.429. The van der Waals surface area contributed by atoms with E-state index in [-0.39, 0.29) is 17.3 Å². The average Bonchev–Trinajstić information content (AvgIpc) is 2.78. The van der Waals surface area contributed by atoms with E-state index in [2.05, 4.69) is 4.98 Å². The van der Waals surface area contributed by atoms with Gasteiger partial charge in [0, 0.05) is 0 Å². The molecule has 104 valence electrons. The minimum Gasteiger partial charge on any atom is -0.439 e. The minimum absolute atomic E-state index is 0.148. The van der Waals surface area contributed by atoms with Gasteiger partial charge < -0.3 is 10.2 Å². The van der Waals surface area contributed by atoms with E-state index in [4.69, 9.17) is 10.2 Å². The second-order valence-electron chi connectivity index (χ2n) is 4.64. The maximum absolute atomic E-state index is 12.6. The molecule has 19 heavy (non-hydrogen) atoms. The summed E-state index contributed by atoms with van der Waals surface area (Å²) in [6.45, 7) is 3.93. The summed E-state index contributed by atoms with van der Waals surface area (Å²) in [4.78, 5) is 4.06. The standard InChI is InChI=1S/C13H15F3N2O/c1-3-7(2)11(17)12-18-9-6-8(13(14,15)16)4-5-10(9)19-12/h4-7,11H,3,17H2,1-2H3. The van der Waals surface area contributed by atoms with Gasteiger partial charge in [0.05, 0.1) is 11.6 Å². The van der Waals surface area contributed by atoms with Crippen molar-refractivity contribution in [2.75, 3.05) is 0 Å². The Morgan fingerprint density at radius 2 is 2.05 bits per heavy atom. The van der Waals surface area contributed by atoms with E-state index < -0.39 is 17.8 Å². The zero-order chi connectivity index (χ0) is 14.2. The number of benzene rings is 1. The van der Waals surface area contributed by atoms with E-state index in [1.165, 1.54) is 6.07 Å². The summed E-state index contributed by atoms with van der Waals surface area (Å²) in [7, 11) is 0. The first-order chi connectivity index (χ1) is 8.82. The molecule has 2 unspecified atom stereocenters. The summed E-state index contributed by atoms with van der Waals surface area (Å²) in [5, 5.41) is 0. The van der Waals surface area contributed by atoms with Crippen molar-refractivity contribution in [3.8, 4) is 0 Å². The third kappa shape index (κ3) is 2.73. The first kappa shape index (κ1) is 13.9. The van der Waals surface area contributed by atoms with Gasteiger partial charge in [0.25, 0.3) is 0 Å². The van der Waals surface area contributed by atoms with E-state index in [1.54, 1.807) is 0 Å². The van der Waals surface area contributed by atoms with Gasteiger partial charge in [-0.2, -0.15) is 13.2 Å². The number of hydrogen-bond donors (Lipinski definition) is 1. The summed E-state index contributed by atoms with van der Waals surface area (Å²) >= 11 is 0. The second-order valence-corrected chi connectivity index (χ2v) is 4.64. The highest BCUT2D eigenvalue weighted by atomic mass is 19.4. The first-order valence-electron chi connectivity index (χ1n) is 6.06. The Labute approximate surface area is 108 Å². The zero-order valence-electron chi connectivity index (χ0n) is 10.7. The molecule has 2 aromatic rings. The Morgan fingerprint density at radius 3 is 2.63 bits per heavy atom. The van der Waals surface area contributed by atoms with Crippen LogP contribution >= 0.6 is 0 Å². The van der Waals surface area contributed by atoms with Gasteiger partial charge in [-0.25, -0.2) is 4.98 Å². The predicted octanol–water partition coefficient (Wildman–Crippen LogP) is 3.89. The van der Waals surface area contributed by atoms with Crippen LogP contribution in [-0.2, 0) is 6.18 Å². The molecule has 0 radical (unpaired) electrons. The fourth-order valence-electron chi connectivity index (χ4n) is 1.76. The highest BCUT2D eigenvalue weighted by Crippen LogP contribution is 2.32. The lowest BCUT2D eigenvalue weighted by atomic mass is 10.0. The molecule has 0 bridgehead atoms. The topological polar surface area (TPSA) is 52.0 Å². The van der Waals surface area contributed by atoms with E-state index in [9.17, 15) is 13.2 Å². The van der Waals surface area contributed by atoms with Gasteiger partial charge in [-0.1, -0.05) is 20.3 Å². The normalized spacial score (nSPS) is 15.7. The summed E-state index contributed by atoms with van der Waals surface area (Å²) in [6, 6.07) is 2.82. The molecule has 3 nitrogen and oxygen atoms in total. The van der Waals surface area contributed by atoms with Crippen molar-refractivity contribution >= 4 is 11.1 Å². The lowest BCUT2D eigenvalue weighted by Gasteiger charge is -2.13. The van der Waals surface area contributed by atoms with Crippen LogP contribution in [0.3, 0.4) is 0 Å². The van der Waals surface area contributed by atoms with Crippen molar-refractivity contribution in [1.82, 2.24) is 4.98 Å². The van der Waals surface area contributed by atoms with E-state index >= 15 is 0 Å². The third-order valence-electron chi connectivity index (χ3n) is 3.27. The smallest absolute Gasteiger partial charge is 0.416 e. The van der Waals surface area contributed by atoms with Crippen molar-refractivity contribution in [1.29, 1.82) is 0 Å². The number of halogens is 3. The highest BCUT2D eigenvalue weighted by molar-refractivity contribution is 5.73. The van der Waals surface area contributed by atoms with Crippen LogP contribution in [0.5, 0.6) is 0 Å². The van der Waals surface area contributed by atoms with Crippen LogP contribution in [0.15, 0.2) is 22.6 Å². The molecular weight excluding hydrogens is 257 g/mol. The Balaban J connectivity index is 2.41. The number of alkyl halides is 3. The van der Waals surface area contributed by atoms with Crippen molar-refractivity contribution in [3.05, 3.63) is 29.7 Å². The molecule has 0 aliphatic rings. The number of aromatic nitrogens is 1. The Hall–Kier alpha value is -1.56. The Bertz CT molecular complexity index is 577. The van der Waals surface area contributed by atoms with E-state index in [0.717, 1.165) is 18.6 Å². The largest absolute Gasteiger partial charge is 0.439 e. The van der Waals surface area contributed by atoms with Crippen LogP contribution in [0.25, 0.3) is 11.1 Å². The lowest BCUT2D eigenvalue weighted by molar-refractivity contribution is -0.137. The van der Waals surface area contributed by atoms with Crippen molar-refractivity contribution < 1.29 is 17.6 Å². The van der Waals surface area contributed by atoms with Gasteiger partial charge in [0.15, 0.2) is 5.58 Å². The quantitative estimate of drug-likeness (QED) is 0.922. The maximum atomic E-state index is 12.6. The minimum atomic E-state index is -4.38. The van der Waals surface area contributed by atoms with Gasteiger partial charge in [-0.3, -0.25) is 0 Å². The van der Waals surface area contributed by atoms with Crippen LogP contribution < -0.4 is 5.73 Å². The predicted molar refractivity (Wildman–Crippen MR) is 65.4 cm³/mol. The number of nitrogens with zero attached hydrogens (tertiary/aromatic N) is 1. The molecule has 0 amide bonds. The van der Waals surface area contributed by atoms with Crippen LogP contribution in [0, 0.1) is 5.92 Å². The molecule has 0 aliphatic heterocycles. The lowest BCUT2D eigenvalue weighted by Crippen LogP contribution is -2.18. The molecule has 1 heterocycles. The number of rotatable bonds is 3. The number of oxazole rings is 1. The Kier molecular flexibility index (Phi) is 3.54. The van der Waals surface area contributed by atoms with Gasteiger partial charge in [0.1, 0.15) is 5.52 Å². The fraction of sp³-hybridized carbons (Fsp3) is 0.462. The summed E-state index contributed by atoms with van der Waals surface area (Å²) in [6.07, 6.45) is -3.54. The summed E-state index contributed by atoms with van der Waals surface area (Å²) < 4.78 is 43.2. The molecule has 2 atom stereocenters. The van der Waals surface area contributed by atoms with Crippen LogP contribution in [0.2, 0.25) is 0 Å². The summed E-state index contributed by atoms with van der Waals surface area (Å²) in [5.41, 5.74) is 5.72. The average molecular weight is 272 g/mol. The van der Waals surface area contributed by atoms with Crippen LogP contribution in [0.1, 0.15) is 37.8 Å². The Morgan fingerprint density at radius 1 is 1.37 bits per heavy atom. The molecule has 2 rings (SSSR count). The van der Waals surface area contributed by atoms with Crippen LogP contribution in [0.4, 0.5) is 13.2 Å². The van der Waals surface area contributed by atoms with Gasteiger partial charge in [-0.15, -0.1) is 0 Å². The van der Waals surface area contributed by atoms with E-state index in [0.29, 0.717) is 5.58 Å². The van der Waals surface area contributed by atoms with Gasteiger partial charge in [0.2, 0.25) is 5.89 Å². The molecule has 6 heteroatoms. The van der Waals surface area contributed by atoms with Crippen LogP contribution in [-0.4, -0.2) is 4.98 Å². The zero-order valence-corrected chi connectivity index (χ0v) is 10.7. The number of hydrogen-bond acceptors (Lipinski definition) is 3. The van der Waals surface area contributed by atoms with Crippen molar-refractivity contribution in [2.24, 2.45) is 11.7 Å². The molecule has 1 aromatic carbocycles. The molecule has 0 spiro atoms. The molecule has 0 fully saturated rings. The van der Waals surface area contributed by atoms with Gasteiger partial charge in [-0.05, 0) is 24.1 Å². The molecule has 0 aliphatic carbocycles. The second kappa shape index (κ2) is 4.85. The monoisotopic (exact) mass is 272 g/mol. The fourth-order valence-corrected chi connectivity index (χ4v) is 1.76. The highest BCUT2D eigenvalue weighted by Gasteiger charge is 2.31. The van der Waals surface area contributed by atoms with E-state index in [1.807, 2.05) is 13.8 Å². The van der Waals surface area contributed by atoms with Crippen molar-refractivity contribution in [3.63, 3.8) is 0 Å².